The van der Waals surface area contributed by atoms with Gasteiger partial charge >= 0.3 is 0 Å². The van der Waals surface area contributed by atoms with E-state index in [-0.39, 0.29) is 18.6 Å². The normalized spacial score (nSPS) is 24.0. The van der Waals surface area contributed by atoms with Crippen molar-refractivity contribution in [3.8, 4) is 6.07 Å². The zero-order valence-electron chi connectivity index (χ0n) is 13.8. The molecule has 2 fully saturated rings. The Labute approximate surface area is 146 Å². The summed E-state index contributed by atoms with van der Waals surface area (Å²) in [6.45, 7) is 5.20. The number of aliphatic hydroxyl groups excluding tert-OH is 1. The van der Waals surface area contributed by atoms with Crippen LogP contribution in [0.5, 0.6) is 0 Å². The number of amides is 1. The fourth-order valence-corrected chi connectivity index (χ4v) is 4.30. The minimum atomic E-state index is -0.203. The molecule has 3 heterocycles. The topological polar surface area (TPSA) is 70.8 Å². The van der Waals surface area contributed by atoms with Crippen molar-refractivity contribution in [2.45, 2.75) is 12.5 Å². The number of aliphatic hydroxyl groups is 1. The molecule has 0 unspecified atom stereocenters. The third kappa shape index (κ3) is 3.95. The number of likely N-dealkylation sites (tertiary alicyclic amines) is 1. The van der Waals surface area contributed by atoms with Gasteiger partial charge in [0.15, 0.2) is 0 Å². The van der Waals surface area contributed by atoms with E-state index in [1.807, 2.05) is 22.4 Å². The van der Waals surface area contributed by atoms with Gasteiger partial charge in [0.05, 0.1) is 12.6 Å². The molecular weight excluding hydrogens is 324 g/mol. The third-order valence-corrected chi connectivity index (χ3v) is 5.88. The lowest BCUT2D eigenvalue weighted by atomic mass is 10.1. The lowest BCUT2D eigenvalue weighted by molar-refractivity contribution is -0.134. The van der Waals surface area contributed by atoms with E-state index in [1.54, 1.807) is 11.3 Å². The maximum atomic E-state index is 12.5. The van der Waals surface area contributed by atoms with Crippen LogP contribution in [0.2, 0.25) is 0 Å². The van der Waals surface area contributed by atoms with Crippen LogP contribution in [-0.2, 0) is 4.79 Å². The first-order valence-corrected chi connectivity index (χ1v) is 9.37. The molecule has 0 aromatic carbocycles. The Kier molecular flexibility index (Phi) is 5.85. The van der Waals surface area contributed by atoms with Gasteiger partial charge in [0.1, 0.15) is 6.04 Å². The average Bonchev–Trinajstić information content (AvgIpc) is 3.28. The summed E-state index contributed by atoms with van der Waals surface area (Å²) in [5.41, 5.74) is 0. The number of rotatable bonds is 5. The van der Waals surface area contributed by atoms with Crippen molar-refractivity contribution < 1.29 is 9.90 Å². The predicted octanol–water partition coefficient (Wildman–Crippen LogP) is 0.771. The molecule has 0 aliphatic carbocycles. The Morgan fingerprint density at radius 2 is 2.17 bits per heavy atom. The highest BCUT2D eigenvalue weighted by Crippen LogP contribution is 2.25. The second-order valence-corrected chi connectivity index (χ2v) is 7.52. The molecule has 1 N–H and O–H groups in total. The largest absolute Gasteiger partial charge is 0.396 e. The van der Waals surface area contributed by atoms with E-state index < -0.39 is 0 Å². The molecule has 1 amide bonds. The van der Waals surface area contributed by atoms with E-state index in [0.29, 0.717) is 25.6 Å². The Morgan fingerprint density at radius 1 is 1.38 bits per heavy atom. The zero-order chi connectivity index (χ0) is 16.9. The van der Waals surface area contributed by atoms with Crippen molar-refractivity contribution in [3.05, 3.63) is 22.4 Å². The van der Waals surface area contributed by atoms with Gasteiger partial charge in [0.25, 0.3) is 0 Å². The van der Waals surface area contributed by atoms with Crippen molar-refractivity contribution in [3.63, 3.8) is 0 Å². The Morgan fingerprint density at radius 3 is 2.75 bits per heavy atom. The van der Waals surface area contributed by atoms with Gasteiger partial charge in [0, 0.05) is 44.2 Å². The standard InChI is InChI=1S/C17H24N4O2S/c18-10-15(16-2-1-9-24-16)20-5-7-21(8-6-20)17(23)12-19-4-3-14(11-19)13-22/h1-2,9,14-15,22H,3-8,11-13H2/t14-,15-/m0/s1. The van der Waals surface area contributed by atoms with Crippen LogP contribution in [0.4, 0.5) is 0 Å². The molecule has 7 heteroatoms. The van der Waals surface area contributed by atoms with Crippen LogP contribution in [0.1, 0.15) is 17.3 Å². The summed E-state index contributed by atoms with van der Waals surface area (Å²) in [6.07, 6.45) is 0.974. The predicted molar refractivity (Wildman–Crippen MR) is 92.5 cm³/mol. The molecule has 1 aromatic rings. The van der Waals surface area contributed by atoms with Crippen molar-refractivity contribution in [1.29, 1.82) is 5.26 Å². The van der Waals surface area contributed by atoms with Gasteiger partial charge in [-0.3, -0.25) is 14.6 Å². The molecule has 6 nitrogen and oxygen atoms in total. The third-order valence-electron chi connectivity index (χ3n) is 4.95. The Balaban J connectivity index is 1.48. The SMILES string of the molecule is N#C[C@@H](c1cccs1)N1CCN(C(=O)CN2CC[C@H](CO)C2)CC1. The van der Waals surface area contributed by atoms with Crippen molar-refractivity contribution in [1.82, 2.24) is 14.7 Å². The smallest absolute Gasteiger partial charge is 0.236 e. The summed E-state index contributed by atoms with van der Waals surface area (Å²) in [6, 6.07) is 6.16. The number of piperazine rings is 1. The van der Waals surface area contributed by atoms with Gasteiger partial charge in [-0.1, -0.05) is 6.07 Å². The molecule has 2 aliphatic heterocycles. The maximum Gasteiger partial charge on any atom is 0.236 e. The summed E-state index contributed by atoms with van der Waals surface area (Å²) < 4.78 is 0. The van der Waals surface area contributed by atoms with Gasteiger partial charge in [0.2, 0.25) is 5.91 Å². The molecule has 130 valence electrons. The summed E-state index contributed by atoms with van der Waals surface area (Å²) in [4.78, 5) is 19.7. The highest BCUT2D eigenvalue weighted by Gasteiger charge is 2.29. The maximum absolute atomic E-state index is 12.5. The van der Waals surface area contributed by atoms with Gasteiger partial charge < -0.3 is 10.0 Å². The van der Waals surface area contributed by atoms with E-state index in [4.69, 9.17) is 0 Å². The van der Waals surface area contributed by atoms with Crippen LogP contribution >= 0.6 is 11.3 Å². The Bertz CT molecular complexity index is 578. The summed E-state index contributed by atoms with van der Waals surface area (Å²) in [7, 11) is 0. The van der Waals surface area contributed by atoms with E-state index in [1.165, 1.54) is 0 Å². The molecule has 0 radical (unpaired) electrons. The number of carbonyl (C=O) groups is 1. The quantitative estimate of drug-likeness (QED) is 0.851. The molecule has 2 atom stereocenters. The first kappa shape index (κ1) is 17.4. The first-order chi connectivity index (χ1) is 11.7. The minimum Gasteiger partial charge on any atom is -0.396 e. The highest BCUT2D eigenvalue weighted by atomic mass is 32.1. The van der Waals surface area contributed by atoms with Crippen LogP contribution in [0.3, 0.4) is 0 Å². The Hall–Kier alpha value is -1.46. The van der Waals surface area contributed by atoms with Crippen molar-refractivity contribution >= 4 is 17.2 Å². The molecular formula is C17H24N4O2S. The van der Waals surface area contributed by atoms with Crippen LogP contribution in [-0.4, -0.2) is 78.1 Å². The molecule has 0 bridgehead atoms. The number of thiophene rings is 1. The molecule has 2 saturated heterocycles. The molecule has 24 heavy (non-hydrogen) atoms. The molecule has 3 rings (SSSR count). The summed E-state index contributed by atoms with van der Waals surface area (Å²) in [5.74, 6) is 0.481. The van der Waals surface area contributed by atoms with Crippen LogP contribution in [0.25, 0.3) is 0 Å². The van der Waals surface area contributed by atoms with E-state index in [9.17, 15) is 15.2 Å². The van der Waals surface area contributed by atoms with Crippen LogP contribution in [0, 0.1) is 17.2 Å². The number of nitrogens with zero attached hydrogens (tertiary/aromatic N) is 4. The molecule has 1 aromatic heterocycles. The first-order valence-electron chi connectivity index (χ1n) is 8.49. The van der Waals surface area contributed by atoms with E-state index >= 15 is 0 Å². The lowest BCUT2D eigenvalue weighted by Crippen LogP contribution is -2.51. The molecule has 0 saturated carbocycles. The fourth-order valence-electron chi connectivity index (χ4n) is 3.50. The summed E-state index contributed by atoms with van der Waals surface area (Å²) in [5, 5.41) is 20.7. The lowest BCUT2D eigenvalue weighted by Gasteiger charge is -2.37. The fraction of sp³-hybridized carbons (Fsp3) is 0.647. The number of hydrogen-bond acceptors (Lipinski definition) is 6. The number of hydrogen-bond donors (Lipinski definition) is 1. The van der Waals surface area contributed by atoms with Gasteiger partial charge in [-0.05, 0) is 30.3 Å². The number of nitriles is 1. The monoisotopic (exact) mass is 348 g/mol. The highest BCUT2D eigenvalue weighted by molar-refractivity contribution is 7.10. The molecule has 0 spiro atoms. The minimum absolute atomic E-state index is 0.165. The van der Waals surface area contributed by atoms with Gasteiger partial charge in [-0.2, -0.15) is 5.26 Å². The second kappa shape index (κ2) is 8.08. The zero-order valence-corrected chi connectivity index (χ0v) is 14.6. The number of carbonyl (C=O) groups excluding carboxylic acids is 1. The van der Waals surface area contributed by atoms with E-state index in [0.717, 1.165) is 37.5 Å². The van der Waals surface area contributed by atoms with Crippen LogP contribution in [0.15, 0.2) is 17.5 Å². The average molecular weight is 348 g/mol. The second-order valence-electron chi connectivity index (χ2n) is 6.54. The van der Waals surface area contributed by atoms with Crippen molar-refractivity contribution in [2.75, 3.05) is 52.4 Å². The van der Waals surface area contributed by atoms with Gasteiger partial charge in [-0.15, -0.1) is 11.3 Å². The van der Waals surface area contributed by atoms with Gasteiger partial charge in [-0.25, -0.2) is 0 Å². The molecule has 2 aliphatic rings. The van der Waals surface area contributed by atoms with Crippen LogP contribution < -0.4 is 0 Å². The summed E-state index contributed by atoms with van der Waals surface area (Å²) >= 11 is 1.61. The van der Waals surface area contributed by atoms with E-state index in [2.05, 4.69) is 15.9 Å². The van der Waals surface area contributed by atoms with Crippen molar-refractivity contribution in [2.24, 2.45) is 5.92 Å².